The predicted molar refractivity (Wildman–Crippen MR) is 99.8 cm³/mol. The minimum Gasteiger partial charge on any atom is -0.348 e. The van der Waals surface area contributed by atoms with Crippen molar-refractivity contribution in [2.24, 2.45) is 0 Å². The summed E-state index contributed by atoms with van der Waals surface area (Å²) >= 11 is 0. The number of halogens is 2. The van der Waals surface area contributed by atoms with Crippen LogP contribution < -0.4 is 5.32 Å². The Balaban J connectivity index is 0.00000156. The number of aromatic amines is 1. The van der Waals surface area contributed by atoms with Crippen molar-refractivity contribution >= 4 is 40.7 Å². The van der Waals surface area contributed by atoms with Crippen LogP contribution in [0.25, 0.3) is 0 Å². The van der Waals surface area contributed by atoms with Crippen molar-refractivity contribution in [3.8, 4) is 0 Å². The highest BCUT2D eigenvalue weighted by molar-refractivity contribution is 7.88. The number of nitrogens with zero attached hydrogens (tertiary/aromatic N) is 3. The molecule has 144 valence electrons. The third kappa shape index (κ3) is 3.95. The molecule has 11 heteroatoms. The summed E-state index contributed by atoms with van der Waals surface area (Å²) in [5.74, 6) is 0.0475. The molecule has 25 heavy (non-hydrogen) atoms. The van der Waals surface area contributed by atoms with Gasteiger partial charge in [-0.2, -0.15) is 4.31 Å². The van der Waals surface area contributed by atoms with Crippen LogP contribution in [0.4, 0.5) is 0 Å². The quantitative estimate of drug-likeness (QED) is 0.732. The number of carbonyl (C=O) groups is 1. The van der Waals surface area contributed by atoms with Crippen molar-refractivity contribution in [1.29, 1.82) is 0 Å². The van der Waals surface area contributed by atoms with Gasteiger partial charge in [-0.1, -0.05) is 0 Å². The van der Waals surface area contributed by atoms with E-state index in [9.17, 15) is 13.2 Å². The van der Waals surface area contributed by atoms with Crippen molar-refractivity contribution in [2.45, 2.75) is 24.8 Å². The van der Waals surface area contributed by atoms with Gasteiger partial charge in [0.1, 0.15) is 0 Å². The van der Waals surface area contributed by atoms with Crippen LogP contribution in [0.5, 0.6) is 0 Å². The van der Waals surface area contributed by atoms with E-state index >= 15 is 0 Å². The van der Waals surface area contributed by atoms with Crippen LogP contribution in [-0.2, 0) is 26.8 Å². The predicted octanol–water partition coefficient (Wildman–Crippen LogP) is 0.108. The SMILES string of the molecule is CNCC(=O)N1CCC2(CC1)c1nc[nH]c1CCN2S(C)(=O)=O.Cl.Cl. The van der Waals surface area contributed by atoms with Gasteiger partial charge < -0.3 is 15.2 Å². The molecule has 2 N–H and O–H groups in total. The fourth-order valence-corrected chi connectivity index (χ4v) is 5.14. The zero-order chi connectivity index (χ0) is 16.7. The summed E-state index contributed by atoms with van der Waals surface area (Å²) in [7, 11) is -1.60. The minimum atomic E-state index is -3.34. The second-order valence-corrected chi connectivity index (χ2v) is 8.16. The highest BCUT2D eigenvalue weighted by Crippen LogP contribution is 2.43. The van der Waals surface area contributed by atoms with Gasteiger partial charge in [-0.3, -0.25) is 4.79 Å². The van der Waals surface area contributed by atoms with E-state index in [2.05, 4.69) is 15.3 Å². The van der Waals surface area contributed by atoms with Crippen molar-refractivity contribution in [1.82, 2.24) is 24.5 Å². The minimum absolute atomic E-state index is 0. The van der Waals surface area contributed by atoms with E-state index in [1.165, 1.54) is 6.26 Å². The summed E-state index contributed by atoms with van der Waals surface area (Å²) in [6.45, 7) is 1.84. The maximum atomic E-state index is 12.3. The van der Waals surface area contributed by atoms with Crippen molar-refractivity contribution in [2.75, 3.05) is 39.5 Å². The Morgan fingerprint density at radius 2 is 1.96 bits per heavy atom. The third-order valence-corrected chi connectivity index (χ3v) is 6.21. The Bertz CT molecular complexity index is 701. The third-order valence-electron chi connectivity index (χ3n) is 4.87. The molecule has 0 saturated carbocycles. The van der Waals surface area contributed by atoms with Gasteiger partial charge in [0.2, 0.25) is 15.9 Å². The number of rotatable bonds is 3. The molecule has 1 saturated heterocycles. The molecule has 1 amide bonds. The largest absolute Gasteiger partial charge is 0.348 e. The molecule has 0 radical (unpaired) electrons. The van der Waals surface area contributed by atoms with E-state index in [1.807, 2.05) is 0 Å². The van der Waals surface area contributed by atoms with Gasteiger partial charge in [0.15, 0.2) is 0 Å². The van der Waals surface area contributed by atoms with Gasteiger partial charge >= 0.3 is 0 Å². The summed E-state index contributed by atoms with van der Waals surface area (Å²) in [5.41, 5.74) is 1.22. The second kappa shape index (κ2) is 8.22. The number of hydrogen-bond acceptors (Lipinski definition) is 5. The lowest BCUT2D eigenvalue weighted by molar-refractivity contribution is -0.132. The molecule has 2 aliphatic rings. The van der Waals surface area contributed by atoms with Gasteiger partial charge in [0.05, 0.1) is 30.4 Å². The number of H-pyrrole nitrogens is 1. The summed E-state index contributed by atoms with van der Waals surface area (Å²) in [6, 6.07) is 0. The van der Waals surface area contributed by atoms with Gasteiger partial charge in [0, 0.05) is 31.7 Å². The molecular formula is C14H25Cl2N5O3S. The molecule has 2 aliphatic heterocycles. The van der Waals surface area contributed by atoms with Gasteiger partial charge in [-0.05, 0) is 19.9 Å². The van der Waals surface area contributed by atoms with E-state index in [-0.39, 0.29) is 30.7 Å². The number of piperidine rings is 1. The van der Waals surface area contributed by atoms with E-state index in [0.717, 1.165) is 11.4 Å². The molecule has 1 fully saturated rings. The van der Waals surface area contributed by atoms with Crippen LogP contribution in [-0.4, -0.2) is 73.0 Å². The molecule has 0 aromatic carbocycles. The Hall–Kier alpha value is -0.870. The van der Waals surface area contributed by atoms with Gasteiger partial charge in [-0.15, -0.1) is 24.8 Å². The fraction of sp³-hybridized carbons (Fsp3) is 0.714. The van der Waals surface area contributed by atoms with E-state index in [4.69, 9.17) is 0 Å². The summed E-state index contributed by atoms with van der Waals surface area (Å²) in [5, 5.41) is 2.87. The van der Waals surface area contributed by atoms with E-state index in [0.29, 0.717) is 45.4 Å². The number of carbonyl (C=O) groups excluding carboxylic acids is 1. The van der Waals surface area contributed by atoms with Crippen LogP contribution in [0.1, 0.15) is 24.2 Å². The molecule has 0 aliphatic carbocycles. The first-order valence-corrected chi connectivity index (χ1v) is 9.66. The number of sulfonamides is 1. The smallest absolute Gasteiger partial charge is 0.236 e. The van der Waals surface area contributed by atoms with Crippen molar-refractivity contribution in [3.05, 3.63) is 17.7 Å². The molecule has 3 rings (SSSR count). The molecular weight excluding hydrogens is 389 g/mol. The lowest BCUT2D eigenvalue weighted by Crippen LogP contribution is -2.59. The lowest BCUT2D eigenvalue weighted by Gasteiger charge is -2.49. The molecule has 1 aromatic rings. The molecule has 0 atom stereocenters. The Morgan fingerprint density at radius 1 is 1.32 bits per heavy atom. The highest BCUT2D eigenvalue weighted by atomic mass is 35.5. The zero-order valence-electron chi connectivity index (χ0n) is 14.3. The molecule has 3 heterocycles. The Kier molecular flexibility index (Phi) is 7.29. The first-order valence-electron chi connectivity index (χ1n) is 7.81. The summed E-state index contributed by atoms with van der Waals surface area (Å²) < 4.78 is 26.2. The first-order chi connectivity index (χ1) is 10.9. The topological polar surface area (TPSA) is 98.4 Å². The fourth-order valence-electron chi connectivity index (χ4n) is 3.82. The van der Waals surface area contributed by atoms with Crippen LogP contribution in [0.2, 0.25) is 0 Å². The standard InChI is InChI=1S/C14H23N5O3S.2ClH/c1-15-9-12(20)18-7-4-14(5-8-18)13-11(16-10-17-13)3-6-19(14)23(2,21)22;;/h10,15H,3-9H2,1-2H3,(H,16,17);2*1H. The molecule has 8 nitrogen and oxygen atoms in total. The second-order valence-electron chi connectivity index (χ2n) is 6.26. The highest BCUT2D eigenvalue weighted by Gasteiger charge is 2.50. The van der Waals surface area contributed by atoms with Gasteiger partial charge in [0.25, 0.3) is 0 Å². The first kappa shape index (κ1) is 22.2. The van der Waals surface area contributed by atoms with Crippen LogP contribution >= 0.6 is 24.8 Å². The molecule has 1 aromatic heterocycles. The Labute approximate surface area is 160 Å². The van der Waals surface area contributed by atoms with Crippen LogP contribution in [0, 0.1) is 0 Å². The number of nitrogens with one attached hydrogen (secondary N) is 2. The monoisotopic (exact) mass is 413 g/mol. The van der Waals surface area contributed by atoms with Crippen molar-refractivity contribution < 1.29 is 13.2 Å². The summed E-state index contributed by atoms with van der Waals surface area (Å²) in [6.07, 6.45) is 4.69. The number of imidazole rings is 1. The number of likely N-dealkylation sites (N-methyl/N-ethyl adjacent to an activating group) is 1. The molecule has 1 spiro atoms. The van der Waals surface area contributed by atoms with Crippen LogP contribution in [0.15, 0.2) is 6.33 Å². The maximum absolute atomic E-state index is 12.3. The normalized spacial score (nSPS) is 19.7. The average Bonchev–Trinajstić information content (AvgIpc) is 2.97. The van der Waals surface area contributed by atoms with Gasteiger partial charge in [-0.25, -0.2) is 13.4 Å². The molecule has 0 unspecified atom stereocenters. The average molecular weight is 414 g/mol. The number of likely N-dealkylation sites (tertiary alicyclic amines) is 1. The number of amides is 1. The maximum Gasteiger partial charge on any atom is 0.236 e. The Morgan fingerprint density at radius 3 is 2.52 bits per heavy atom. The lowest BCUT2D eigenvalue weighted by atomic mass is 9.80. The molecule has 0 bridgehead atoms. The van der Waals surface area contributed by atoms with Crippen LogP contribution in [0.3, 0.4) is 0 Å². The van der Waals surface area contributed by atoms with E-state index in [1.54, 1.807) is 22.6 Å². The number of hydrogen-bond donors (Lipinski definition) is 2. The number of aromatic nitrogens is 2. The zero-order valence-corrected chi connectivity index (χ0v) is 16.8. The number of fused-ring (bicyclic) bond motifs is 2. The summed E-state index contributed by atoms with van der Waals surface area (Å²) in [4.78, 5) is 21.4. The van der Waals surface area contributed by atoms with Crippen molar-refractivity contribution in [3.63, 3.8) is 0 Å². The van der Waals surface area contributed by atoms with E-state index < -0.39 is 15.6 Å².